The normalized spacial score (nSPS) is 17.7. The number of nitrogens with zero attached hydrogens (tertiary/aromatic N) is 4. The molecule has 5 rings (SSSR count). The molecule has 1 saturated carbocycles. The number of carbonyl (C=O) groups is 1. The predicted molar refractivity (Wildman–Crippen MR) is 132 cm³/mol. The lowest BCUT2D eigenvalue weighted by atomic mass is 9.82. The molecular weight excluding hydrogens is 442 g/mol. The zero-order valence-corrected chi connectivity index (χ0v) is 19.1. The van der Waals surface area contributed by atoms with Gasteiger partial charge in [0.15, 0.2) is 0 Å². The molecule has 1 fully saturated rings. The number of nitriles is 1. The second kappa shape index (κ2) is 9.47. The number of hydrogen-bond donors (Lipinski definition) is 1. The van der Waals surface area contributed by atoms with E-state index < -0.39 is 0 Å². The Bertz CT molecular complexity index is 1470. The topological polar surface area (TPSA) is 116 Å². The lowest BCUT2D eigenvalue weighted by Gasteiger charge is -2.28. The number of Topliss-reactive ketones (excluding diaryl/α,β-unsaturated/α-hetero) is 1. The number of imidazole rings is 1. The van der Waals surface area contributed by atoms with Crippen molar-refractivity contribution in [2.75, 3.05) is 5.73 Å². The number of rotatable bonds is 6. The number of aromatic nitrogens is 3. The van der Waals surface area contributed by atoms with Gasteiger partial charge in [-0.25, -0.2) is 9.78 Å². The van der Waals surface area contributed by atoms with E-state index in [0.29, 0.717) is 28.9 Å². The number of benzene rings is 2. The van der Waals surface area contributed by atoms with Gasteiger partial charge in [-0.2, -0.15) is 5.26 Å². The summed E-state index contributed by atoms with van der Waals surface area (Å²) >= 11 is 0. The van der Waals surface area contributed by atoms with Crippen LogP contribution in [-0.2, 0) is 4.79 Å². The average molecular weight is 468 g/mol. The van der Waals surface area contributed by atoms with Crippen LogP contribution in [0.3, 0.4) is 0 Å². The molecule has 0 bridgehead atoms. The lowest BCUT2D eigenvalue weighted by molar-refractivity contribution is -0.123. The summed E-state index contributed by atoms with van der Waals surface area (Å²) in [4.78, 5) is 30.4. The summed E-state index contributed by atoms with van der Waals surface area (Å²) in [5.41, 5.74) is 7.90. The Morgan fingerprint density at radius 2 is 1.83 bits per heavy atom. The third kappa shape index (κ3) is 4.28. The summed E-state index contributed by atoms with van der Waals surface area (Å²) < 4.78 is 9.20. The van der Waals surface area contributed by atoms with Crippen molar-refractivity contribution >= 4 is 22.6 Å². The van der Waals surface area contributed by atoms with Crippen LogP contribution in [0.25, 0.3) is 16.7 Å². The van der Waals surface area contributed by atoms with Crippen molar-refractivity contribution in [3.05, 3.63) is 77.3 Å². The fourth-order valence-electron chi connectivity index (χ4n) is 4.98. The van der Waals surface area contributed by atoms with E-state index in [9.17, 15) is 9.59 Å². The van der Waals surface area contributed by atoms with Crippen LogP contribution in [0.5, 0.6) is 11.5 Å². The second-order valence-corrected chi connectivity index (χ2v) is 8.78. The van der Waals surface area contributed by atoms with Gasteiger partial charge in [0.1, 0.15) is 28.6 Å². The average Bonchev–Trinajstić information content (AvgIpc) is 3.18. The van der Waals surface area contributed by atoms with Gasteiger partial charge in [0.05, 0.1) is 23.7 Å². The molecule has 1 aliphatic carbocycles. The standard InChI is InChI=1S/C27H25N5O3/c28-15-13-24(33)18-5-4-6-20(17-18)31-23-14-16-30-26(29)25(23)32(27(31)34)19-9-11-22(12-10-19)35-21-7-2-1-3-8-21/h1-3,7-12,14,16,18,20H,4-6,13,17H2,(H2,29,30)/t18?,20-/m1/s1. The summed E-state index contributed by atoms with van der Waals surface area (Å²) in [5, 5.41) is 8.94. The van der Waals surface area contributed by atoms with Crippen molar-refractivity contribution in [3.8, 4) is 23.3 Å². The third-order valence-corrected chi connectivity index (χ3v) is 6.61. The van der Waals surface area contributed by atoms with Gasteiger partial charge in [-0.05, 0) is 61.7 Å². The molecule has 0 aliphatic heterocycles. The van der Waals surface area contributed by atoms with E-state index in [-0.39, 0.29) is 35.7 Å². The zero-order valence-electron chi connectivity index (χ0n) is 19.1. The summed E-state index contributed by atoms with van der Waals surface area (Å²) in [6.07, 6.45) is 4.37. The van der Waals surface area contributed by atoms with Gasteiger partial charge in [0.2, 0.25) is 0 Å². The molecule has 0 amide bonds. The summed E-state index contributed by atoms with van der Waals surface area (Å²) in [6, 6.07) is 20.3. The van der Waals surface area contributed by atoms with Crippen LogP contribution in [0.15, 0.2) is 71.7 Å². The minimum Gasteiger partial charge on any atom is -0.457 e. The molecule has 1 unspecified atom stereocenters. The van der Waals surface area contributed by atoms with Crippen LogP contribution < -0.4 is 16.2 Å². The molecule has 4 aromatic rings. The first-order valence-corrected chi connectivity index (χ1v) is 11.7. The molecule has 0 radical (unpaired) electrons. The number of ketones is 1. The molecule has 2 aromatic heterocycles. The molecular formula is C27H25N5O3. The van der Waals surface area contributed by atoms with Crippen LogP contribution in [0.2, 0.25) is 0 Å². The van der Waals surface area contributed by atoms with Gasteiger partial charge >= 0.3 is 5.69 Å². The van der Waals surface area contributed by atoms with Crippen molar-refractivity contribution in [2.45, 2.75) is 38.1 Å². The predicted octanol–water partition coefficient (Wildman–Crippen LogP) is 4.78. The Balaban J connectivity index is 1.54. The van der Waals surface area contributed by atoms with Gasteiger partial charge in [-0.1, -0.05) is 24.6 Å². The van der Waals surface area contributed by atoms with Crippen molar-refractivity contribution in [2.24, 2.45) is 5.92 Å². The summed E-state index contributed by atoms with van der Waals surface area (Å²) in [5.74, 6) is 1.36. The quantitative estimate of drug-likeness (QED) is 0.436. The van der Waals surface area contributed by atoms with Gasteiger partial charge in [0.25, 0.3) is 0 Å². The van der Waals surface area contributed by atoms with Crippen molar-refractivity contribution < 1.29 is 9.53 Å². The van der Waals surface area contributed by atoms with Crippen molar-refractivity contribution in [3.63, 3.8) is 0 Å². The number of nitrogens with two attached hydrogens (primary N) is 1. The number of ether oxygens (including phenoxy) is 1. The molecule has 0 saturated heterocycles. The fraction of sp³-hybridized carbons (Fsp3) is 0.259. The monoisotopic (exact) mass is 467 g/mol. The Hall–Kier alpha value is -4.38. The van der Waals surface area contributed by atoms with E-state index in [0.717, 1.165) is 25.0 Å². The number of pyridine rings is 1. The highest BCUT2D eigenvalue weighted by Gasteiger charge is 2.31. The smallest absolute Gasteiger partial charge is 0.334 e. The molecule has 2 atom stereocenters. The first-order valence-electron chi connectivity index (χ1n) is 11.7. The molecule has 2 aromatic carbocycles. The lowest BCUT2D eigenvalue weighted by Crippen LogP contribution is -2.31. The van der Waals surface area contributed by atoms with Crippen molar-refractivity contribution in [1.29, 1.82) is 5.26 Å². The number of hydrogen-bond acceptors (Lipinski definition) is 6. The number of fused-ring (bicyclic) bond motifs is 1. The molecule has 2 heterocycles. The van der Waals surface area contributed by atoms with E-state index in [1.807, 2.05) is 60.7 Å². The largest absolute Gasteiger partial charge is 0.457 e. The van der Waals surface area contributed by atoms with Crippen LogP contribution in [0, 0.1) is 17.2 Å². The molecule has 8 nitrogen and oxygen atoms in total. The van der Waals surface area contributed by atoms with E-state index in [1.54, 1.807) is 21.4 Å². The Morgan fingerprint density at radius 3 is 2.57 bits per heavy atom. The molecule has 1 aliphatic rings. The Kier molecular flexibility index (Phi) is 6.06. The number of para-hydroxylation sites is 1. The van der Waals surface area contributed by atoms with E-state index in [2.05, 4.69) is 4.98 Å². The van der Waals surface area contributed by atoms with E-state index in [1.165, 1.54) is 0 Å². The number of anilines is 1. The zero-order chi connectivity index (χ0) is 24.4. The van der Waals surface area contributed by atoms with Crippen LogP contribution in [0.4, 0.5) is 5.82 Å². The Morgan fingerprint density at radius 1 is 1.09 bits per heavy atom. The van der Waals surface area contributed by atoms with Gasteiger partial charge in [0, 0.05) is 18.2 Å². The van der Waals surface area contributed by atoms with Crippen LogP contribution in [-0.4, -0.2) is 19.9 Å². The molecule has 35 heavy (non-hydrogen) atoms. The van der Waals surface area contributed by atoms with Gasteiger partial charge in [-0.15, -0.1) is 0 Å². The molecule has 2 N–H and O–H groups in total. The molecule has 8 heteroatoms. The first-order chi connectivity index (χ1) is 17.1. The summed E-state index contributed by atoms with van der Waals surface area (Å²) in [6.45, 7) is 0. The van der Waals surface area contributed by atoms with Crippen LogP contribution >= 0.6 is 0 Å². The highest BCUT2D eigenvalue weighted by Crippen LogP contribution is 2.36. The van der Waals surface area contributed by atoms with Crippen molar-refractivity contribution in [1.82, 2.24) is 14.1 Å². The van der Waals surface area contributed by atoms with E-state index >= 15 is 0 Å². The second-order valence-electron chi connectivity index (χ2n) is 8.78. The molecule has 176 valence electrons. The van der Waals surface area contributed by atoms with E-state index in [4.69, 9.17) is 15.7 Å². The third-order valence-electron chi connectivity index (χ3n) is 6.61. The SMILES string of the molecule is N#CCC(=O)C1CCC[C@@H](n2c(=O)n(-c3ccc(Oc4ccccc4)cc3)c3c(N)nccc32)C1. The molecule has 0 spiro atoms. The minimum atomic E-state index is -0.227. The maximum atomic E-state index is 13.8. The minimum absolute atomic E-state index is 0.0517. The Labute approximate surface area is 202 Å². The summed E-state index contributed by atoms with van der Waals surface area (Å²) in [7, 11) is 0. The maximum absolute atomic E-state index is 13.8. The van der Waals surface area contributed by atoms with Gasteiger partial charge in [-0.3, -0.25) is 13.9 Å². The van der Waals surface area contributed by atoms with Crippen LogP contribution in [0.1, 0.15) is 38.1 Å². The van der Waals surface area contributed by atoms with Gasteiger partial charge < -0.3 is 10.5 Å². The first kappa shape index (κ1) is 22.4. The highest BCUT2D eigenvalue weighted by atomic mass is 16.5. The maximum Gasteiger partial charge on any atom is 0.334 e. The number of nitrogen functional groups attached to an aromatic ring is 1. The number of carbonyl (C=O) groups excluding carboxylic acids is 1. The fourth-order valence-corrected chi connectivity index (χ4v) is 4.98. The highest BCUT2D eigenvalue weighted by molar-refractivity contribution is 5.87.